The van der Waals surface area contributed by atoms with E-state index in [0.717, 1.165) is 33.7 Å². The molecule has 1 atom stereocenters. The smallest absolute Gasteiger partial charge is 0.248 e. The topological polar surface area (TPSA) is 12.9 Å². The van der Waals surface area contributed by atoms with E-state index in [1.807, 2.05) is 61.5 Å². The Kier molecular flexibility index (Phi) is 5.19. The Morgan fingerprint density at radius 2 is 1.46 bits per heavy atom. The molecule has 0 N–H and O–H groups in total. The molecule has 1 nitrogen and oxygen atoms in total. The number of pyridine rings is 1. The van der Waals surface area contributed by atoms with Crippen LogP contribution < -0.4 is 0 Å². The molecule has 0 spiro atoms. The predicted octanol–water partition coefficient (Wildman–Crippen LogP) is 9.05. The minimum absolute atomic E-state index is 0.0348. The van der Waals surface area contributed by atoms with Crippen LogP contribution >= 0.6 is 11.6 Å². The molecular formula is C31H22ClF2N. The maximum Gasteiger partial charge on any atom is 0.296 e. The molecule has 4 heteroatoms. The number of halogens is 3. The maximum atomic E-state index is 15.3. The van der Waals surface area contributed by atoms with E-state index < -0.39 is 5.92 Å². The normalized spacial score (nSPS) is 18.2. The molecule has 0 amide bonds. The van der Waals surface area contributed by atoms with E-state index in [-0.39, 0.29) is 23.5 Å². The lowest BCUT2D eigenvalue weighted by Gasteiger charge is -2.26. The molecule has 0 aliphatic heterocycles. The first kappa shape index (κ1) is 21.9. The van der Waals surface area contributed by atoms with Gasteiger partial charge in [0.05, 0.1) is 11.4 Å². The largest absolute Gasteiger partial charge is 0.296 e. The highest BCUT2D eigenvalue weighted by Crippen LogP contribution is 2.55. The summed E-state index contributed by atoms with van der Waals surface area (Å²) < 4.78 is 30.7. The van der Waals surface area contributed by atoms with Crippen molar-refractivity contribution in [2.24, 2.45) is 5.92 Å². The van der Waals surface area contributed by atoms with E-state index in [4.69, 9.17) is 16.6 Å². The molecule has 3 aromatic carbocycles. The van der Waals surface area contributed by atoms with E-state index in [1.165, 1.54) is 12.1 Å². The number of hydrogen-bond donors (Lipinski definition) is 0. The van der Waals surface area contributed by atoms with Crippen LogP contribution in [-0.2, 0) is 5.92 Å². The summed E-state index contributed by atoms with van der Waals surface area (Å²) in [5.74, 6) is -3.09. The monoisotopic (exact) mass is 481 g/mol. The number of fused-ring (bicyclic) bond motifs is 2. The van der Waals surface area contributed by atoms with Crippen molar-refractivity contribution in [2.45, 2.75) is 19.3 Å². The minimum atomic E-state index is -2.99. The maximum absolute atomic E-state index is 15.3. The van der Waals surface area contributed by atoms with Crippen molar-refractivity contribution in [3.8, 4) is 22.4 Å². The van der Waals surface area contributed by atoms with E-state index in [2.05, 4.69) is 24.3 Å². The van der Waals surface area contributed by atoms with Gasteiger partial charge in [-0.3, -0.25) is 0 Å². The first-order valence-corrected chi connectivity index (χ1v) is 12.1. The number of benzene rings is 3. The summed E-state index contributed by atoms with van der Waals surface area (Å²) in [6.07, 6.45) is 2.18. The second-order valence-electron chi connectivity index (χ2n) is 9.22. The summed E-state index contributed by atoms with van der Waals surface area (Å²) in [6.45, 7) is 2.00. The summed E-state index contributed by atoms with van der Waals surface area (Å²) in [6, 6.07) is 29.0. The summed E-state index contributed by atoms with van der Waals surface area (Å²) in [5, 5.41) is 0.456. The molecular weight excluding hydrogens is 460 g/mol. The lowest BCUT2D eigenvalue weighted by Crippen LogP contribution is -2.18. The standard InChI is InChI=1S/C31H22ClF2N/c1-19-14-28-26(25-17-23(32)12-13-27(25)31(28,33)34)18-24(19)30-16-22(20-8-4-2-5-9-20)15-29(35-30)21-10-6-3-7-11-21/h2-13,15-19H,14H2,1H3. The van der Waals surface area contributed by atoms with Gasteiger partial charge in [-0.15, -0.1) is 0 Å². The van der Waals surface area contributed by atoms with Gasteiger partial charge in [0.2, 0.25) is 0 Å². The Balaban J connectivity index is 1.55. The average Bonchev–Trinajstić information content (AvgIpc) is 3.09. The van der Waals surface area contributed by atoms with Crippen molar-refractivity contribution in [2.75, 3.05) is 0 Å². The van der Waals surface area contributed by atoms with Crippen molar-refractivity contribution in [3.63, 3.8) is 0 Å². The molecule has 172 valence electrons. The lowest BCUT2D eigenvalue weighted by atomic mass is 9.82. The first-order chi connectivity index (χ1) is 16.9. The van der Waals surface area contributed by atoms with Crippen LogP contribution in [0.1, 0.15) is 30.2 Å². The number of alkyl halides is 2. The molecule has 1 unspecified atom stereocenters. The third kappa shape index (κ3) is 3.71. The quantitative estimate of drug-likeness (QED) is 0.284. The van der Waals surface area contributed by atoms with Gasteiger partial charge in [0, 0.05) is 21.7 Å². The van der Waals surface area contributed by atoms with Crippen LogP contribution in [0.2, 0.25) is 5.02 Å². The Hall–Kier alpha value is -3.56. The molecule has 1 heterocycles. The Morgan fingerprint density at radius 1 is 0.800 bits per heavy atom. The summed E-state index contributed by atoms with van der Waals surface area (Å²) in [4.78, 5) is 5.02. The number of allylic oxidation sites excluding steroid dienone is 4. The van der Waals surface area contributed by atoms with Gasteiger partial charge in [-0.2, -0.15) is 8.78 Å². The van der Waals surface area contributed by atoms with Gasteiger partial charge in [-0.25, -0.2) is 4.98 Å². The van der Waals surface area contributed by atoms with Gasteiger partial charge in [0.15, 0.2) is 0 Å². The minimum Gasteiger partial charge on any atom is -0.248 e. The van der Waals surface area contributed by atoms with Crippen LogP contribution in [0.4, 0.5) is 8.78 Å². The molecule has 1 aromatic heterocycles. The lowest BCUT2D eigenvalue weighted by molar-refractivity contribution is 0.0372. The highest BCUT2D eigenvalue weighted by molar-refractivity contribution is 6.30. The van der Waals surface area contributed by atoms with E-state index in [1.54, 1.807) is 6.07 Å². The fourth-order valence-electron chi connectivity index (χ4n) is 5.18. The zero-order valence-electron chi connectivity index (χ0n) is 19.1. The van der Waals surface area contributed by atoms with Crippen LogP contribution in [-0.4, -0.2) is 4.98 Å². The molecule has 4 aromatic rings. The molecule has 0 saturated heterocycles. The number of aromatic nitrogens is 1. The second-order valence-corrected chi connectivity index (χ2v) is 9.66. The van der Waals surface area contributed by atoms with Crippen LogP contribution in [0.25, 0.3) is 33.5 Å². The molecule has 2 aliphatic rings. The Labute approximate surface area is 208 Å². The zero-order chi connectivity index (χ0) is 24.2. The van der Waals surface area contributed by atoms with Crippen molar-refractivity contribution < 1.29 is 8.78 Å². The molecule has 6 rings (SSSR count). The van der Waals surface area contributed by atoms with Crippen molar-refractivity contribution >= 4 is 22.7 Å². The van der Waals surface area contributed by atoms with E-state index in [0.29, 0.717) is 16.2 Å². The van der Waals surface area contributed by atoms with Crippen LogP contribution in [0.3, 0.4) is 0 Å². The SMILES string of the molecule is CC1CC2=C(C=C1c1cc(-c3ccccc3)cc(-c3ccccc3)n1)c1cc(Cl)ccc1C2(F)F. The zero-order valence-corrected chi connectivity index (χ0v) is 19.9. The molecule has 35 heavy (non-hydrogen) atoms. The number of rotatable bonds is 3. The third-order valence-electron chi connectivity index (χ3n) is 6.95. The Bertz CT molecular complexity index is 1450. The van der Waals surface area contributed by atoms with Crippen LogP contribution in [0, 0.1) is 5.92 Å². The summed E-state index contributed by atoms with van der Waals surface area (Å²) in [7, 11) is 0. The van der Waals surface area contributed by atoms with Crippen molar-refractivity contribution in [1.29, 1.82) is 0 Å². The fraction of sp³-hybridized carbons (Fsp3) is 0.129. The number of nitrogens with zero attached hydrogens (tertiary/aromatic N) is 1. The molecule has 2 aliphatic carbocycles. The average molecular weight is 482 g/mol. The summed E-state index contributed by atoms with van der Waals surface area (Å²) in [5.41, 5.74) is 7.07. The van der Waals surface area contributed by atoms with Gasteiger partial charge in [-0.1, -0.05) is 85.3 Å². The van der Waals surface area contributed by atoms with Gasteiger partial charge < -0.3 is 0 Å². The first-order valence-electron chi connectivity index (χ1n) is 11.7. The molecule has 0 fully saturated rings. The molecule has 0 saturated carbocycles. The Morgan fingerprint density at radius 3 is 2.17 bits per heavy atom. The van der Waals surface area contributed by atoms with Crippen LogP contribution in [0.5, 0.6) is 0 Å². The van der Waals surface area contributed by atoms with Gasteiger partial charge in [0.1, 0.15) is 0 Å². The molecule has 0 radical (unpaired) electrons. The highest BCUT2D eigenvalue weighted by Gasteiger charge is 2.47. The number of hydrogen-bond acceptors (Lipinski definition) is 1. The molecule has 0 bridgehead atoms. The predicted molar refractivity (Wildman–Crippen MR) is 139 cm³/mol. The van der Waals surface area contributed by atoms with Crippen LogP contribution in [0.15, 0.2) is 103 Å². The third-order valence-corrected chi connectivity index (χ3v) is 7.19. The van der Waals surface area contributed by atoms with Crippen molar-refractivity contribution in [1.82, 2.24) is 4.98 Å². The van der Waals surface area contributed by atoms with E-state index in [9.17, 15) is 0 Å². The fourth-order valence-corrected chi connectivity index (χ4v) is 5.36. The van der Waals surface area contributed by atoms with E-state index >= 15 is 8.78 Å². The van der Waals surface area contributed by atoms with Gasteiger partial charge in [-0.05, 0) is 70.5 Å². The highest BCUT2D eigenvalue weighted by atomic mass is 35.5. The van der Waals surface area contributed by atoms with Crippen molar-refractivity contribution in [3.05, 3.63) is 124 Å². The van der Waals surface area contributed by atoms with Gasteiger partial charge >= 0.3 is 0 Å². The van der Waals surface area contributed by atoms with Gasteiger partial charge in [0.25, 0.3) is 5.92 Å². The second kappa shape index (κ2) is 8.28. The summed E-state index contributed by atoms with van der Waals surface area (Å²) >= 11 is 6.21.